The molecule has 0 nitrogen and oxygen atoms in total. The number of benzene rings is 3. The van der Waals surface area contributed by atoms with Crippen LogP contribution < -0.4 is 0 Å². The van der Waals surface area contributed by atoms with Crippen molar-refractivity contribution in [2.45, 2.75) is 19.6 Å². The number of hydrogen-bond donors (Lipinski definition) is 0. The maximum absolute atomic E-state index is 3.52. The van der Waals surface area contributed by atoms with Gasteiger partial charge in [-0.2, -0.15) is 0 Å². The molecule has 0 aliphatic rings. The maximum atomic E-state index is 3.52. The molecule has 0 fully saturated rings. The Labute approximate surface area is 156 Å². The molecule has 22 heavy (non-hydrogen) atoms. The van der Waals surface area contributed by atoms with E-state index < -0.39 is 0 Å². The summed E-state index contributed by atoms with van der Waals surface area (Å²) in [6.07, 6.45) is 0. The monoisotopic (exact) mass is 450 g/mol. The lowest BCUT2D eigenvalue weighted by atomic mass is 10.4. The minimum Gasteiger partial charge on any atom is -0.0900 e. The summed E-state index contributed by atoms with van der Waals surface area (Å²) in [6, 6.07) is 25.4. The van der Waals surface area contributed by atoms with Crippen LogP contribution in [0.4, 0.5) is 0 Å². The molecule has 0 heterocycles. The van der Waals surface area contributed by atoms with Gasteiger partial charge in [0.15, 0.2) is 0 Å². The molecule has 0 amide bonds. The van der Waals surface area contributed by atoms with Crippen LogP contribution in [0.3, 0.4) is 0 Å². The Hall–Kier alpha value is -0.680. The molecule has 3 aromatic carbocycles. The fraction of sp³-hybridized carbons (Fsp3) is 0. The largest absolute Gasteiger partial charge is 0.0900 e. The number of halogens is 2. The average Bonchev–Trinajstić information content (AvgIpc) is 2.47. The van der Waals surface area contributed by atoms with E-state index >= 15 is 0 Å². The van der Waals surface area contributed by atoms with Crippen LogP contribution in [0.25, 0.3) is 0 Å². The first-order valence-electron chi connectivity index (χ1n) is 6.66. The van der Waals surface area contributed by atoms with Crippen LogP contribution in [0.1, 0.15) is 0 Å². The number of rotatable bonds is 4. The van der Waals surface area contributed by atoms with Crippen molar-refractivity contribution in [3.63, 3.8) is 0 Å². The zero-order chi connectivity index (χ0) is 15.4. The molecule has 0 atom stereocenters. The highest BCUT2D eigenvalue weighted by atomic mass is 79.9. The smallest absolute Gasteiger partial charge is 0.0186 e. The van der Waals surface area contributed by atoms with E-state index in [1.165, 1.54) is 19.6 Å². The van der Waals surface area contributed by atoms with E-state index in [0.29, 0.717) is 0 Å². The predicted octanol–water partition coefficient (Wildman–Crippen LogP) is 7.51. The molecule has 110 valence electrons. The third-order valence-electron chi connectivity index (χ3n) is 2.87. The van der Waals surface area contributed by atoms with Gasteiger partial charge in [0, 0.05) is 28.5 Å². The molecule has 0 spiro atoms. The molecule has 0 radical (unpaired) electrons. The van der Waals surface area contributed by atoms with E-state index in [2.05, 4.69) is 92.5 Å². The summed E-state index contributed by atoms with van der Waals surface area (Å²) in [7, 11) is 0. The highest BCUT2D eigenvalue weighted by molar-refractivity contribution is 9.10. The Balaban J connectivity index is 1.78. The van der Waals surface area contributed by atoms with Gasteiger partial charge in [-0.05, 0) is 54.6 Å². The summed E-state index contributed by atoms with van der Waals surface area (Å²) in [6.45, 7) is 0. The molecule has 3 aromatic rings. The summed E-state index contributed by atoms with van der Waals surface area (Å²) in [5.41, 5.74) is 0. The molecule has 4 heteroatoms. The summed E-state index contributed by atoms with van der Waals surface area (Å²) in [5.74, 6) is 0. The standard InChI is InChI=1S/C18H12Br2S2/c19-13-4-1-6-15(10-13)21-17-8-3-9-18(12-17)22-16-7-2-5-14(20)11-16/h1-12H. The predicted molar refractivity (Wildman–Crippen MR) is 103 cm³/mol. The van der Waals surface area contributed by atoms with Gasteiger partial charge >= 0.3 is 0 Å². The van der Waals surface area contributed by atoms with Gasteiger partial charge in [0.2, 0.25) is 0 Å². The van der Waals surface area contributed by atoms with Crippen molar-refractivity contribution in [1.82, 2.24) is 0 Å². The lowest BCUT2D eigenvalue weighted by molar-refractivity contribution is 1.31. The second-order valence-corrected chi connectivity index (χ2v) is 8.72. The van der Waals surface area contributed by atoms with Gasteiger partial charge in [-0.15, -0.1) is 0 Å². The van der Waals surface area contributed by atoms with Gasteiger partial charge in [0.25, 0.3) is 0 Å². The van der Waals surface area contributed by atoms with Crippen LogP contribution >= 0.6 is 55.4 Å². The second kappa shape index (κ2) is 7.73. The Morgan fingerprint density at radius 3 is 1.27 bits per heavy atom. The SMILES string of the molecule is Brc1cccc(Sc2cccc(Sc3cccc(Br)c3)c2)c1. The Morgan fingerprint density at radius 1 is 0.500 bits per heavy atom. The van der Waals surface area contributed by atoms with Crippen LogP contribution in [0, 0.1) is 0 Å². The van der Waals surface area contributed by atoms with Crippen molar-refractivity contribution in [2.24, 2.45) is 0 Å². The molecule has 0 saturated heterocycles. The first kappa shape index (κ1) is 16.2. The van der Waals surface area contributed by atoms with Crippen molar-refractivity contribution in [1.29, 1.82) is 0 Å². The summed E-state index contributed by atoms with van der Waals surface area (Å²) in [5, 5.41) is 0. The normalized spacial score (nSPS) is 10.6. The minimum absolute atomic E-state index is 1.11. The summed E-state index contributed by atoms with van der Waals surface area (Å²) >= 11 is 10.6. The van der Waals surface area contributed by atoms with Crippen molar-refractivity contribution in [3.05, 3.63) is 81.7 Å². The third kappa shape index (κ3) is 4.66. The molecule has 0 N–H and O–H groups in total. The van der Waals surface area contributed by atoms with E-state index in [9.17, 15) is 0 Å². The van der Waals surface area contributed by atoms with Gasteiger partial charge in [0.05, 0.1) is 0 Å². The van der Waals surface area contributed by atoms with Crippen LogP contribution in [-0.2, 0) is 0 Å². The van der Waals surface area contributed by atoms with Crippen molar-refractivity contribution in [3.8, 4) is 0 Å². The van der Waals surface area contributed by atoms with Gasteiger partial charge in [-0.1, -0.05) is 73.6 Å². The van der Waals surface area contributed by atoms with Gasteiger partial charge in [0.1, 0.15) is 0 Å². The topological polar surface area (TPSA) is 0 Å². The lowest BCUT2D eigenvalue weighted by Crippen LogP contribution is -1.77. The van der Waals surface area contributed by atoms with Gasteiger partial charge in [-0.25, -0.2) is 0 Å². The van der Waals surface area contributed by atoms with Crippen molar-refractivity contribution >= 4 is 55.4 Å². The van der Waals surface area contributed by atoms with E-state index in [0.717, 1.165) is 8.95 Å². The van der Waals surface area contributed by atoms with Gasteiger partial charge in [-0.3, -0.25) is 0 Å². The molecular weight excluding hydrogens is 440 g/mol. The van der Waals surface area contributed by atoms with Crippen LogP contribution in [-0.4, -0.2) is 0 Å². The molecule has 0 aromatic heterocycles. The molecule has 0 unspecified atom stereocenters. The molecule has 0 bridgehead atoms. The minimum atomic E-state index is 1.11. The highest BCUT2D eigenvalue weighted by Gasteiger charge is 2.02. The zero-order valence-corrected chi connectivity index (χ0v) is 16.3. The second-order valence-electron chi connectivity index (χ2n) is 4.59. The molecule has 0 aliphatic carbocycles. The van der Waals surface area contributed by atoms with Gasteiger partial charge < -0.3 is 0 Å². The van der Waals surface area contributed by atoms with E-state index in [1.54, 1.807) is 23.5 Å². The average molecular weight is 452 g/mol. The fourth-order valence-electron chi connectivity index (χ4n) is 1.93. The van der Waals surface area contributed by atoms with E-state index in [4.69, 9.17) is 0 Å². The summed E-state index contributed by atoms with van der Waals surface area (Å²) in [4.78, 5) is 4.97. The van der Waals surface area contributed by atoms with Crippen LogP contribution in [0.5, 0.6) is 0 Å². The van der Waals surface area contributed by atoms with Crippen molar-refractivity contribution in [2.75, 3.05) is 0 Å². The van der Waals surface area contributed by atoms with E-state index in [-0.39, 0.29) is 0 Å². The molecule has 0 aliphatic heterocycles. The first-order valence-corrected chi connectivity index (χ1v) is 9.88. The zero-order valence-electron chi connectivity index (χ0n) is 11.5. The maximum Gasteiger partial charge on any atom is 0.0186 e. The Kier molecular flexibility index (Phi) is 5.69. The Morgan fingerprint density at radius 2 is 0.864 bits per heavy atom. The lowest BCUT2D eigenvalue weighted by Gasteiger charge is -2.06. The Bertz CT molecular complexity index is 725. The highest BCUT2D eigenvalue weighted by Crippen LogP contribution is 2.34. The molecular formula is C18H12Br2S2. The first-order chi connectivity index (χ1) is 10.7. The molecule has 0 saturated carbocycles. The fourth-order valence-corrected chi connectivity index (χ4v) is 4.98. The number of hydrogen-bond acceptors (Lipinski definition) is 2. The summed E-state index contributed by atoms with van der Waals surface area (Å²) < 4.78 is 2.22. The van der Waals surface area contributed by atoms with Crippen LogP contribution in [0.15, 0.2) is 101 Å². The molecule has 3 rings (SSSR count). The quantitative estimate of drug-likeness (QED) is 0.402. The third-order valence-corrected chi connectivity index (χ3v) is 5.81. The van der Waals surface area contributed by atoms with E-state index in [1.807, 2.05) is 12.1 Å². The van der Waals surface area contributed by atoms with Crippen LogP contribution in [0.2, 0.25) is 0 Å². The van der Waals surface area contributed by atoms with Crippen molar-refractivity contribution < 1.29 is 0 Å².